The fourth-order valence-electron chi connectivity index (χ4n) is 6.14. The van der Waals surface area contributed by atoms with Crippen molar-refractivity contribution in [2.45, 2.75) is 0 Å². The quantitative estimate of drug-likeness (QED) is 0.169. The lowest BCUT2D eigenvalue weighted by Crippen LogP contribution is -1.98. The fraction of sp³-hybridized carbons (Fsp3) is 0. The maximum absolute atomic E-state index is 9.59. The molecule has 0 atom stereocenters. The van der Waals surface area contributed by atoms with Crippen LogP contribution in [0.3, 0.4) is 0 Å². The van der Waals surface area contributed by atoms with Crippen LogP contribution >= 0.6 is 0 Å². The highest BCUT2D eigenvalue weighted by Crippen LogP contribution is 2.37. The van der Waals surface area contributed by atoms with E-state index >= 15 is 0 Å². The average Bonchev–Trinajstić information content (AvgIpc) is 3.20. The number of aromatic nitrogens is 4. The molecule has 6 heteroatoms. The molecule has 0 bridgehead atoms. The summed E-state index contributed by atoms with van der Waals surface area (Å²) in [6, 6.07) is 53.6. The lowest BCUT2D eigenvalue weighted by molar-refractivity contribution is 1.18. The third kappa shape index (κ3) is 5.86. The minimum Gasteiger partial charge on any atom is -0.238 e. The molecule has 0 amide bonds. The highest BCUT2D eigenvalue weighted by Gasteiger charge is 2.17. The molecule has 0 radical (unpaired) electrons. The van der Waals surface area contributed by atoms with Gasteiger partial charge in [0.1, 0.15) is 0 Å². The molecule has 232 valence electrons. The SMILES string of the molecule is [C-]#[N+]c1cccc(-c2nc(-c3ccccc3)cc(-c3cccc4c(-c5cc(-c6ccccc6)nc(-c6cccc(C#N)c6)n5)cccc34)n2)c1. The molecule has 6 nitrogen and oxygen atoms in total. The van der Waals surface area contributed by atoms with Crippen molar-refractivity contribution < 1.29 is 0 Å². The van der Waals surface area contributed by atoms with E-state index in [-0.39, 0.29) is 0 Å². The molecule has 0 aliphatic carbocycles. The molecule has 0 unspecified atom stereocenters. The van der Waals surface area contributed by atoms with E-state index in [0.29, 0.717) is 22.9 Å². The van der Waals surface area contributed by atoms with Crippen molar-refractivity contribution in [2.24, 2.45) is 0 Å². The Morgan fingerprint density at radius 2 is 0.900 bits per heavy atom. The van der Waals surface area contributed by atoms with Crippen LogP contribution in [-0.4, -0.2) is 19.9 Å². The highest BCUT2D eigenvalue weighted by atomic mass is 14.9. The van der Waals surface area contributed by atoms with Crippen LogP contribution in [0.15, 0.2) is 158 Å². The van der Waals surface area contributed by atoms with Crippen molar-refractivity contribution in [3.05, 3.63) is 175 Å². The van der Waals surface area contributed by atoms with Gasteiger partial charge in [-0.05, 0) is 41.1 Å². The standard InChI is InChI=1S/C44H26N6/c1-46-34-19-9-18-33(25-34)44-48-40(31-15-6-3-7-16-31)27-42(50-44)38-23-11-20-35-36(38)21-10-22-37(35)41-26-39(30-13-4-2-5-14-30)47-43(49-41)32-17-8-12-29(24-32)28-45/h2-27H. The van der Waals surface area contributed by atoms with E-state index < -0.39 is 0 Å². The Kier molecular flexibility index (Phi) is 7.87. The summed E-state index contributed by atoms with van der Waals surface area (Å²) in [5.41, 5.74) is 9.59. The van der Waals surface area contributed by atoms with Crippen LogP contribution in [0.1, 0.15) is 5.56 Å². The first kappa shape index (κ1) is 30.1. The minimum absolute atomic E-state index is 0.533. The van der Waals surface area contributed by atoms with E-state index in [1.54, 1.807) is 12.1 Å². The molecule has 2 aromatic heterocycles. The number of nitriles is 1. The number of hydrogen-bond donors (Lipinski definition) is 0. The molecule has 0 spiro atoms. The lowest BCUT2D eigenvalue weighted by atomic mass is 9.95. The van der Waals surface area contributed by atoms with Crippen LogP contribution in [-0.2, 0) is 0 Å². The molecule has 2 heterocycles. The topological polar surface area (TPSA) is 79.7 Å². The number of fused-ring (bicyclic) bond motifs is 1. The van der Waals surface area contributed by atoms with Crippen molar-refractivity contribution >= 4 is 16.5 Å². The van der Waals surface area contributed by atoms with Crippen LogP contribution in [0.5, 0.6) is 0 Å². The number of rotatable bonds is 6. The van der Waals surface area contributed by atoms with Crippen LogP contribution < -0.4 is 0 Å². The van der Waals surface area contributed by atoms with E-state index in [1.165, 1.54) is 0 Å². The van der Waals surface area contributed by atoms with Gasteiger partial charge in [0.25, 0.3) is 0 Å². The Bertz CT molecular complexity index is 2430. The summed E-state index contributed by atoms with van der Waals surface area (Å²) in [5, 5.41) is 11.6. The van der Waals surface area contributed by atoms with Gasteiger partial charge in [-0.25, -0.2) is 24.8 Å². The summed E-state index contributed by atoms with van der Waals surface area (Å²) in [6.45, 7) is 7.54. The maximum Gasteiger partial charge on any atom is 0.187 e. The summed E-state index contributed by atoms with van der Waals surface area (Å²) in [5.74, 6) is 1.09. The number of hydrogen-bond acceptors (Lipinski definition) is 5. The molecule has 6 aromatic carbocycles. The van der Waals surface area contributed by atoms with Crippen LogP contribution in [0.4, 0.5) is 5.69 Å². The molecule has 0 aliphatic heterocycles. The van der Waals surface area contributed by atoms with Crippen LogP contribution in [0.25, 0.3) is 83.4 Å². The summed E-state index contributed by atoms with van der Waals surface area (Å²) in [4.78, 5) is 23.7. The lowest BCUT2D eigenvalue weighted by Gasteiger charge is -2.14. The van der Waals surface area contributed by atoms with E-state index in [4.69, 9.17) is 26.5 Å². The first-order chi connectivity index (χ1) is 24.7. The summed E-state index contributed by atoms with van der Waals surface area (Å²) in [7, 11) is 0. The molecule has 0 N–H and O–H groups in total. The molecule has 0 fully saturated rings. The van der Waals surface area contributed by atoms with Crippen molar-refractivity contribution in [3.8, 4) is 73.9 Å². The fourth-order valence-corrected chi connectivity index (χ4v) is 6.14. The zero-order valence-corrected chi connectivity index (χ0v) is 26.7. The maximum atomic E-state index is 9.59. The molecule has 0 aliphatic rings. The second-order valence-electron chi connectivity index (χ2n) is 11.7. The third-order valence-corrected chi connectivity index (χ3v) is 8.55. The zero-order valence-electron chi connectivity index (χ0n) is 26.7. The van der Waals surface area contributed by atoms with Crippen LogP contribution in [0.2, 0.25) is 0 Å². The van der Waals surface area contributed by atoms with Gasteiger partial charge in [-0.3, -0.25) is 0 Å². The van der Waals surface area contributed by atoms with Crippen molar-refractivity contribution in [1.82, 2.24) is 19.9 Å². The Morgan fingerprint density at radius 1 is 0.440 bits per heavy atom. The molecular formula is C44H26N6. The molecule has 50 heavy (non-hydrogen) atoms. The van der Waals surface area contributed by atoms with Gasteiger partial charge >= 0.3 is 0 Å². The second-order valence-corrected chi connectivity index (χ2v) is 11.7. The van der Waals surface area contributed by atoms with Gasteiger partial charge in [-0.2, -0.15) is 5.26 Å². The zero-order chi connectivity index (χ0) is 33.9. The Labute approximate surface area is 289 Å². The average molecular weight is 639 g/mol. The largest absolute Gasteiger partial charge is 0.238 e. The summed E-state index contributed by atoms with van der Waals surface area (Å²) < 4.78 is 0. The van der Waals surface area contributed by atoms with E-state index in [1.807, 2.05) is 121 Å². The monoisotopic (exact) mass is 638 g/mol. The Balaban J connectivity index is 1.33. The van der Waals surface area contributed by atoms with E-state index in [0.717, 1.165) is 66.9 Å². The summed E-state index contributed by atoms with van der Waals surface area (Å²) in [6.07, 6.45) is 0. The predicted molar refractivity (Wildman–Crippen MR) is 199 cm³/mol. The van der Waals surface area contributed by atoms with Gasteiger partial charge in [0.05, 0.1) is 41.0 Å². The molecule has 8 rings (SSSR count). The third-order valence-electron chi connectivity index (χ3n) is 8.55. The van der Waals surface area contributed by atoms with Gasteiger partial charge in [0, 0.05) is 33.4 Å². The Morgan fingerprint density at radius 3 is 1.42 bits per heavy atom. The highest BCUT2D eigenvalue weighted by molar-refractivity contribution is 6.04. The summed E-state index contributed by atoms with van der Waals surface area (Å²) >= 11 is 0. The van der Waals surface area contributed by atoms with Crippen LogP contribution in [0, 0.1) is 17.9 Å². The number of benzene rings is 6. The first-order valence-corrected chi connectivity index (χ1v) is 16.1. The Hall–Kier alpha value is -7.28. The van der Waals surface area contributed by atoms with Gasteiger partial charge < -0.3 is 0 Å². The van der Waals surface area contributed by atoms with Gasteiger partial charge in [0.2, 0.25) is 0 Å². The van der Waals surface area contributed by atoms with Gasteiger partial charge in [0.15, 0.2) is 17.3 Å². The van der Waals surface area contributed by atoms with E-state index in [9.17, 15) is 5.26 Å². The smallest absolute Gasteiger partial charge is 0.187 e. The van der Waals surface area contributed by atoms with Crippen molar-refractivity contribution in [3.63, 3.8) is 0 Å². The number of nitrogens with zero attached hydrogens (tertiary/aromatic N) is 6. The van der Waals surface area contributed by atoms with Gasteiger partial charge in [-0.15, -0.1) is 0 Å². The molecule has 0 saturated carbocycles. The van der Waals surface area contributed by atoms with Crippen molar-refractivity contribution in [2.75, 3.05) is 0 Å². The predicted octanol–water partition coefficient (Wildman–Crippen LogP) is 10.8. The minimum atomic E-state index is 0.533. The first-order valence-electron chi connectivity index (χ1n) is 16.1. The van der Waals surface area contributed by atoms with Gasteiger partial charge in [-0.1, -0.05) is 127 Å². The normalized spacial score (nSPS) is 10.8. The van der Waals surface area contributed by atoms with Crippen molar-refractivity contribution in [1.29, 1.82) is 5.26 Å². The second kappa shape index (κ2) is 13.1. The molecule has 0 saturated heterocycles. The molecular weight excluding hydrogens is 613 g/mol. The molecule has 8 aromatic rings. The van der Waals surface area contributed by atoms with E-state index in [2.05, 4.69) is 35.2 Å².